The van der Waals surface area contributed by atoms with Gasteiger partial charge >= 0.3 is 0 Å². The molecule has 0 spiro atoms. The normalized spacial score (nSPS) is 12.0. The van der Waals surface area contributed by atoms with E-state index in [4.69, 9.17) is 5.10 Å². The van der Waals surface area contributed by atoms with Crippen LogP contribution < -0.4 is 0 Å². The van der Waals surface area contributed by atoms with Gasteiger partial charge in [-0.05, 0) is 136 Å². The molecule has 208 valence electrons. The molecule has 2 aromatic carbocycles. The summed E-state index contributed by atoms with van der Waals surface area (Å²) in [7, 11) is 15.0. The Hall–Kier alpha value is -2.51. The highest BCUT2D eigenvalue weighted by molar-refractivity contribution is 5.63. The van der Waals surface area contributed by atoms with E-state index in [1.807, 2.05) is 0 Å². The summed E-state index contributed by atoms with van der Waals surface area (Å²) < 4.78 is 2.08. The Morgan fingerprint density at radius 3 is 1.95 bits per heavy atom. The third-order valence-electron chi connectivity index (χ3n) is 6.91. The number of aryl methyl sites for hydroxylation is 2. The van der Waals surface area contributed by atoms with Crippen LogP contribution >= 0.6 is 0 Å². The molecule has 0 saturated carbocycles. The van der Waals surface area contributed by atoms with E-state index < -0.39 is 0 Å². The van der Waals surface area contributed by atoms with Gasteiger partial charge in [-0.2, -0.15) is 5.10 Å². The minimum absolute atomic E-state index is 0.945. The number of benzene rings is 2. The van der Waals surface area contributed by atoms with E-state index in [-0.39, 0.29) is 0 Å². The summed E-state index contributed by atoms with van der Waals surface area (Å²) in [6, 6.07) is 17.9. The van der Waals surface area contributed by atoms with Crippen molar-refractivity contribution in [3.05, 3.63) is 71.4 Å². The fourth-order valence-corrected chi connectivity index (χ4v) is 4.83. The van der Waals surface area contributed by atoms with Crippen LogP contribution in [0.25, 0.3) is 16.9 Å². The SMILES string of the molecule is CN(C)CCCc1ccc(-c2nn(-c3cccc(CN(C)CCCN(C)C)c3)cc2CCCN(C)C)cc1. The fourth-order valence-electron chi connectivity index (χ4n) is 4.83. The summed E-state index contributed by atoms with van der Waals surface area (Å²) in [4.78, 5) is 9.16. The maximum atomic E-state index is 5.13. The van der Waals surface area contributed by atoms with Crippen LogP contribution in [-0.2, 0) is 19.4 Å². The zero-order chi connectivity index (χ0) is 27.5. The summed E-state index contributed by atoms with van der Waals surface area (Å²) in [5.74, 6) is 0. The maximum absolute atomic E-state index is 5.13. The first-order valence-corrected chi connectivity index (χ1v) is 14.1. The van der Waals surface area contributed by atoms with Crippen LogP contribution in [0, 0.1) is 0 Å². The molecule has 1 heterocycles. The lowest BCUT2D eigenvalue weighted by atomic mass is 10.0. The van der Waals surface area contributed by atoms with Gasteiger partial charge in [0.05, 0.1) is 11.4 Å². The molecule has 3 aromatic rings. The maximum Gasteiger partial charge on any atom is 0.0959 e. The Bertz CT molecular complexity index is 1080. The molecule has 0 aliphatic carbocycles. The molecule has 0 radical (unpaired) electrons. The van der Waals surface area contributed by atoms with Crippen LogP contribution in [0.4, 0.5) is 0 Å². The van der Waals surface area contributed by atoms with Crippen LogP contribution in [0.15, 0.2) is 54.7 Å². The van der Waals surface area contributed by atoms with Crippen LogP contribution in [0.5, 0.6) is 0 Å². The van der Waals surface area contributed by atoms with Crippen molar-refractivity contribution in [1.29, 1.82) is 0 Å². The number of rotatable bonds is 16. The Labute approximate surface area is 231 Å². The van der Waals surface area contributed by atoms with Gasteiger partial charge in [-0.1, -0.05) is 36.4 Å². The standard InChI is InChI=1S/C32H50N6/c1-34(2)20-9-13-27-16-18-29(19-17-27)32-30(14-10-21-35(3)4)26-38(33-32)31-15-8-12-28(24-31)25-37(7)23-11-22-36(5)6/h8,12,15-19,24,26H,9-11,13-14,20-23,25H2,1-7H3. The molecule has 0 unspecified atom stereocenters. The van der Waals surface area contributed by atoms with Crippen molar-refractivity contribution in [3.63, 3.8) is 0 Å². The van der Waals surface area contributed by atoms with Crippen molar-refractivity contribution in [2.75, 3.05) is 75.5 Å². The minimum Gasteiger partial charge on any atom is -0.309 e. The van der Waals surface area contributed by atoms with Gasteiger partial charge in [0.2, 0.25) is 0 Å². The average Bonchev–Trinajstić information content (AvgIpc) is 3.28. The molecule has 0 aliphatic rings. The van der Waals surface area contributed by atoms with Gasteiger partial charge in [0.1, 0.15) is 0 Å². The highest BCUT2D eigenvalue weighted by atomic mass is 15.3. The predicted molar refractivity (Wildman–Crippen MR) is 162 cm³/mol. The molecule has 0 saturated heterocycles. The number of nitrogens with zero attached hydrogens (tertiary/aromatic N) is 6. The summed E-state index contributed by atoms with van der Waals surface area (Å²) in [6.45, 7) is 5.35. The first-order valence-electron chi connectivity index (χ1n) is 14.1. The Morgan fingerprint density at radius 1 is 0.658 bits per heavy atom. The summed E-state index contributed by atoms with van der Waals surface area (Å²) in [5, 5.41) is 5.13. The Balaban J connectivity index is 1.78. The third kappa shape index (κ3) is 9.99. The van der Waals surface area contributed by atoms with Gasteiger partial charge in [-0.25, -0.2) is 4.68 Å². The molecule has 6 heteroatoms. The van der Waals surface area contributed by atoms with Gasteiger partial charge in [0.25, 0.3) is 0 Å². The Kier molecular flexibility index (Phi) is 12.0. The first kappa shape index (κ1) is 30.0. The first-order chi connectivity index (χ1) is 18.2. The molecule has 6 nitrogen and oxygen atoms in total. The zero-order valence-corrected chi connectivity index (χ0v) is 25.0. The molecule has 0 aliphatic heterocycles. The van der Waals surface area contributed by atoms with Gasteiger partial charge in [0.15, 0.2) is 0 Å². The van der Waals surface area contributed by atoms with Gasteiger partial charge in [-0.15, -0.1) is 0 Å². The van der Waals surface area contributed by atoms with Crippen molar-refractivity contribution in [3.8, 4) is 16.9 Å². The average molecular weight is 519 g/mol. The van der Waals surface area contributed by atoms with E-state index in [2.05, 4.69) is 128 Å². The van der Waals surface area contributed by atoms with E-state index >= 15 is 0 Å². The molecule has 38 heavy (non-hydrogen) atoms. The minimum atomic E-state index is 0.945. The van der Waals surface area contributed by atoms with Crippen molar-refractivity contribution in [1.82, 2.24) is 29.4 Å². The number of hydrogen-bond acceptors (Lipinski definition) is 5. The van der Waals surface area contributed by atoms with E-state index in [1.165, 1.54) is 35.1 Å². The lowest BCUT2D eigenvalue weighted by Crippen LogP contribution is -2.23. The van der Waals surface area contributed by atoms with E-state index in [1.54, 1.807) is 0 Å². The van der Waals surface area contributed by atoms with Crippen molar-refractivity contribution < 1.29 is 0 Å². The third-order valence-corrected chi connectivity index (χ3v) is 6.91. The highest BCUT2D eigenvalue weighted by Gasteiger charge is 2.13. The zero-order valence-electron chi connectivity index (χ0n) is 25.0. The molecule has 3 rings (SSSR count). The fraction of sp³-hybridized carbons (Fsp3) is 0.531. The second-order valence-corrected chi connectivity index (χ2v) is 11.5. The molecule has 1 aromatic heterocycles. The van der Waals surface area contributed by atoms with Crippen LogP contribution in [0.2, 0.25) is 0 Å². The monoisotopic (exact) mass is 518 g/mol. The largest absolute Gasteiger partial charge is 0.309 e. The number of aromatic nitrogens is 2. The number of hydrogen-bond donors (Lipinski definition) is 0. The van der Waals surface area contributed by atoms with E-state index in [9.17, 15) is 0 Å². The molecular weight excluding hydrogens is 468 g/mol. The molecule has 0 bridgehead atoms. The second kappa shape index (κ2) is 15.2. The van der Waals surface area contributed by atoms with Gasteiger partial charge in [-0.3, -0.25) is 0 Å². The second-order valence-electron chi connectivity index (χ2n) is 11.5. The molecule has 0 amide bonds. The van der Waals surface area contributed by atoms with Crippen LogP contribution in [0.3, 0.4) is 0 Å². The molecule has 0 N–H and O–H groups in total. The summed E-state index contributed by atoms with van der Waals surface area (Å²) >= 11 is 0. The van der Waals surface area contributed by atoms with Crippen LogP contribution in [0.1, 0.15) is 36.0 Å². The lowest BCUT2D eigenvalue weighted by molar-refractivity contribution is 0.294. The van der Waals surface area contributed by atoms with Crippen LogP contribution in [-0.4, -0.2) is 105 Å². The molecule has 0 atom stereocenters. The van der Waals surface area contributed by atoms with Gasteiger partial charge < -0.3 is 19.6 Å². The quantitative estimate of drug-likeness (QED) is 0.269. The van der Waals surface area contributed by atoms with Crippen molar-refractivity contribution in [2.24, 2.45) is 0 Å². The highest BCUT2D eigenvalue weighted by Crippen LogP contribution is 2.26. The van der Waals surface area contributed by atoms with Crippen molar-refractivity contribution >= 4 is 0 Å². The van der Waals surface area contributed by atoms with E-state index in [0.29, 0.717) is 0 Å². The summed E-state index contributed by atoms with van der Waals surface area (Å²) in [5.41, 5.74) is 7.48. The smallest absolute Gasteiger partial charge is 0.0959 e. The Morgan fingerprint density at radius 2 is 1.29 bits per heavy atom. The van der Waals surface area contributed by atoms with E-state index in [0.717, 1.165) is 63.4 Å². The van der Waals surface area contributed by atoms with Gasteiger partial charge in [0, 0.05) is 18.3 Å². The molecule has 0 fully saturated rings. The molecular formula is C32H50N6. The summed E-state index contributed by atoms with van der Waals surface area (Å²) in [6.07, 6.45) is 7.85. The topological polar surface area (TPSA) is 30.8 Å². The predicted octanol–water partition coefficient (Wildman–Crippen LogP) is 4.91. The lowest BCUT2D eigenvalue weighted by Gasteiger charge is -2.18. The van der Waals surface area contributed by atoms with Crippen molar-refractivity contribution in [2.45, 2.75) is 38.6 Å².